The highest BCUT2D eigenvalue weighted by Crippen LogP contribution is 1.80. The molecule has 0 aliphatic rings. The van der Waals surface area contributed by atoms with Gasteiger partial charge < -0.3 is 20.1 Å². The molecule has 0 saturated heterocycles. The summed E-state index contributed by atoms with van der Waals surface area (Å²) in [5.74, 6) is -0.915. The predicted octanol–water partition coefficient (Wildman–Crippen LogP) is -0.141. The van der Waals surface area contributed by atoms with Crippen molar-refractivity contribution in [2.24, 2.45) is 0 Å². The van der Waals surface area contributed by atoms with Gasteiger partial charge in [-0.05, 0) is 19.8 Å². The van der Waals surface area contributed by atoms with Gasteiger partial charge in [-0.25, -0.2) is 4.79 Å². The molecule has 0 aromatic heterocycles. The van der Waals surface area contributed by atoms with E-state index in [9.17, 15) is 4.79 Å². The van der Waals surface area contributed by atoms with Gasteiger partial charge in [0.15, 0.2) is 0 Å². The van der Waals surface area contributed by atoms with Crippen LogP contribution in [0.5, 0.6) is 0 Å². The normalized spacial score (nSPS) is 8.85. The molecule has 0 fully saturated rings. The van der Waals surface area contributed by atoms with Crippen LogP contribution in [0.1, 0.15) is 19.8 Å². The molecule has 0 heterocycles. The molecule has 0 aliphatic carbocycles. The van der Waals surface area contributed by atoms with Crippen molar-refractivity contribution in [2.45, 2.75) is 19.8 Å². The first-order chi connectivity index (χ1) is 6.18. The molecule has 3 N–H and O–H groups in total. The summed E-state index contributed by atoms with van der Waals surface area (Å²) in [6.45, 7) is 2.42. The third-order valence-corrected chi connectivity index (χ3v) is 0.996. The summed E-state index contributed by atoms with van der Waals surface area (Å²) >= 11 is 0. The first-order valence-electron chi connectivity index (χ1n) is 4.20. The number of unbranched alkanes of at least 4 members (excludes halogenated alkanes) is 1. The number of aliphatic hydroxyl groups excluding tert-OH is 2. The third-order valence-electron chi connectivity index (χ3n) is 0.996. The van der Waals surface area contributed by atoms with Crippen LogP contribution in [-0.4, -0.2) is 47.7 Å². The van der Waals surface area contributed by atoms with Gasteiger partial charge in [-0.15, -0.1) is 0 Å². The highest BCUT2D eigenvalue weighted by atomic mass is 16.5. The van der Waals surface area contributed by atoms with Gasteiger partial charge in [-0.2, -0.15) is 0 Å². The van der Waals surface area contributed by atoms with Gasteiger partial charge in [0.05, 0.1) is 0 Å². The van der Waals surface area contributed by atoms with E-state index in [1.807, 2.05) is 0 Å². The van der Waals surface area contributed by atoms with Crippen LogP contribution < -0.4 is 0 Å². The van der Waals surface area contributed by atoms with Crippen LogP contribution in [0.3, 0.4) is 0 Å². The quantitative estimate of drug-likeness (QED) is 0.512. The lowest BCUT2D eigenvalue weighted by Gasteiger charge is -1.90. The van der Waals surface area contributed by atoms with Crippen molar-refractivity contribution in [1.29, 1.82) is 0 Å². The smallest absolute Gasteiger partial charge is 0.329 e. The van der Waals surface area contributed by atoms with E-state index in [4.69, 9.17) is 15.3 Å². The number of carboxylic acid groups (broad SMARTS) is 1. The first-order valence-corrected chi connectivity index (χ1v) is 4.20. The Balaban J connectivity index is 0. The van der Waals surface area contributed by atoms with Crippen LogP contribution in [0, 0.1) is 0 Å². The second-order valence-electron chi connectivity index (χ2n) is 2.19. The topological polar surface area (TPSA) is 87.0 Å². The number of aliphatic hydroxyl groups is 2. The highest BCUT2D eigenvalue weighted by Gasteiger charge is 1.90. The molecule has 0 amide bonds. The van der Waals surface area contributed by atoms with Gasteiger partial charge in [0.25, 0.3) is 0 Å². The fraction of sp³-hybridized carbons (Fsp3) is 0.875. The van der Waals surface area contributed by atoms with Gasteiger partial charge in [-0.3, -0.25) is 0 Å². The largest absolute Gasteiger partial charge is 0.480 e. The van der Waals surface area contributed by atoms with E-state index in [0.29, 0.717) is 6.61 Å². The van der Waals surface area contributed by atoms with Crippen molar-refractivity contribution in [1.82, 2.24) is 0 Å². The molecule has 0 aliphatic heterocycles. The zero-order valence-electron chi connectivity index (χ0n) is 7.90. The second kappa shape index (κ2) is 13.9. The fourth-order valence-corrected chi connectivity index (χ4v) is 0.413. The second-order valence-corrected chi connectivity index (χ2v) is 2.19. The van der Waals surface area contributed by atoms with Gasteiger partial charge in [0.1, 0.15) is 6.61 Å². The lowest BCUT2D eigenvalue weighted by atomic mass is 10.3. The average Bonchev–Trinajstić information content (AvgIpc) is 2.12. The minimum atomic E-state index is -0.915. The molecule has 0 aromatic rings. The first kappa shape index (κ1) is 14.9. The Morgan fingerprint density at radius 1 is 1.23 bits per heavy atom. The summed E-state index contributed by atoms with van der Waals surface area (Å²) in [5, 5.41) is 24.1. The molecule has 0 spiro atoms. The van der Waals surface area contributed by atoms with Crippen LogP contribution in [-0.2, 0) is 9.53 Å². The lowest BCUT2D eigenvalue weighted by molar-refractivity contribution is -0.142. The third kappa shape index (κ3) is 24.6. The summed E-state index contributed by atoms with van der Waals surface area (Å²) in [7, 11) is 0. The van der Waals surface area contributed by atoms with Crippen LogP contribution in [0.4, 0.5) is 0 Å². The van der Waals surface area contributed by atoms with Crippen LogP contribution in [0.2, 0.25) is 0 Å². The minimum Gasteiger partial charge on any atom is -0.480 e. The van der Waals surface area contributed by atoms with E-state index >= 15 is 0 Å². The summed E-state index contributed by atoms with van der Waals surface area (Å²) in [4.78, 5) is 9.63. The Labute approximate surface area is 78.0 Å². The molecule has 0 radical (unpaired) electrons. The Hall–Kier alpha value is -0.650. The molecule has 0 saturated carbocycles. The number of aliphatic carboxylic acids is 1. The number of rotatable bonds is 6. The molecular formula is C8H18O5. The summed E-state index contributed by atoms with van der Waals surface area (Å²) < 4.78 is 4.50. The van der Waals surface area contributed by atoms with Gasteiger partial charge in [-0.1, -0.05) is 0 Å². The minimum absolute atomic E-state index is 0.184. The van der Waals surface area contributed by atoms with E-state index < -0.39 is 5.97 Å². The highest BCUT2D eigenvalue weighted by molar-refractivity contribution is 5.67. The number of hydrogen-bond donors (Lipinski definition) is 3. The maximum Gasteiger partial charge on any atom is 0.329 e. The summed E-state index contributed by atoms with van der Waals surface area (Å²) in [6, 6.07) is 0. The van der Waals surface area contributed by atoms with Crippen LogP contribution >= 0.6 is 0 Å². The summed E-state index contributed by atoms with van der Waals surface area (Å²) in [5.41, 5.74) is 0. The Morgan fingerprint density at radius 3 is 1.85 bits per heavy atom. The molecule has 5 heteroatoms. The Morgan fingerprint density at radius 2 is 1.69 bits per heavy atom. The Bertz CT molecular complexity index is 101. The van der Waals surface area contributed by atoms with Crippen molar-refractivity contribution in [3.8, 4) is 0 Å². The molecule has 80 valence electrons. The van der Waals surface area contributed by atoms with E-state index in [1.165, 1.54) is 0 Å². The molecule has 13 heavy (non-hydrogen) atoms. The van der Waals surface area contributed by atoms with Gasteiger partial charge in [0.2, 0.25) is 0 Å². The van der Waals surface area contributed by atoms with Crippen molar-refractivity contribution >= 4 is 5.97 Å². The monoisotopic (exact) mass is 194 g/mol. The molecule has 0 unspecified atom stereocenters. The lowest BCUT2D eigenvalue weighted by Crippen LogP contribution is -2.05. The number of hydrogen-bond acceptors (Lipinski definition) is 4. The SMILES string of the molecule is CCOCC(=O)O.OCCCCO. The zero-order chi connectivity index (χ0) is 10.5. The molecule has 0 aromatic carbocycles. The molecular weight excluding hydrogens is 176 g/mol. The Kier molecular flexibility index (Phi) is 15.9. The maximum atomic E-state index is 9.63. The summed E-state index contributed by atoms with van der Waals surface area (Å²) in [6.07, 6.45) is 1.44. The number of carboxylic acids is 1. The standard InChI is InChI=1S/C4H8O3.C4H10O2/c1-2-7-3-4(5)6;5-3-1-2-4-6/h2-3H2,1H3,(H,5,6);5-6H,1-4H2. The fourth-order valence-electron chi connectivity index (χ4n) is 0.413. The zero-order valence-corrected chi connectivity index (χ0v) is 7.90. The van der Waals surface area contributed by atoms with Crippen LogP contribution in [0.25, 0.3) is 0 Å². The van der Waals surface area contributed by atoms with E-state index in [2.05, 4.69) is 4.74 Å². The van der Waals surface area contributed by atoms with E-state index in [0.717, 1.165) is 12.8 Å². The van der Waals surface area contributed by atoms with Crippen molar-refractivity contribution in [3.05, 3.63) is 0 Å². The molecule has 5 nitrogen and oxygen atoms in total. The molecule has 0 atom stereocenters. The molecule has 0 rings (SSSR count). The molecule has 0 bridgehead atoms. The van der Waals surface area contributed by atoms with E-state index in [1.54, 1.807) is 6.92 Å². The number of carbonyl (C=O) groups is 1. The van der Waals surface area contributed by atoms with Crippen molar-refractivity contribution in [3.63, 3.8) is 0 Å². The van der Waals surface area contributed by atoms with E-state index in [-0.39, 0.29) is 19.8 Å². The predicted molar refractivity (Wildman–Crippen MR) is 47.5 cm³/mol. The van der Waals surface area contributed by atoms with Crippen LogP contribution in [0.15, 0.2) is 0 Å². The van der Waals surface area contributed by atoms with Crippen molar-refractivity contribution < 1.29 is 24.9 Å². The van der Waals surface area contributed by atoms with Crippen molar-refractivity contribution in [2.75, 3.05) is 26.4 Å². The van der Waals surface area contributed by atoms with Gasteiger partial charge >= 0.3 is 5.97 Å². The number of ether oxygens (including phenoxy) is 1. The van der Waals surface area contributed by atoms with Gasteiger partial charge in [0, 0.05) is 19.8 Å². The average molecular weight is 194 g/mol. The maximum absolute atomic E-state index is 9.63.